The Hall–Kier alpha value is -1.67. The maximum atomic E-state index is 12.5. The fraction of sp³-hybridized carbons (Fsp3) is 0.833. The molecule has 8 heteroatoms. The number of carbonyl (C=O) groups excluding carboxylic acids is 1. The van der Waals surface area contributed by atoms with Gasteiger partial charge in [-0.2, -0.15) is 0 Å². The Bertz CT molecular complexity index is 605. The fourth-order valence-corrected chi connectivity index (χ4v) is 4.19. The van der Waals surface area contributed by atoms with E-state index in [1.807, 2.05) is 4.90 Å². The molecule has 3 aliphatic heterocycles. The summed E-state index contributed by atoms with van der Waals surface area (Å²) in [5.41, 5.74) is 0. The van der Waals surface area contributed by atoms with Gasteiger partial charge in [0.1, 0.15) is 5.82 Å². The van der Waals surface area contributed by atoms with E-state index in [2.05, 4.69) is 25.0 Å². The van der Waals surface area contributed by atoms with Gasteiger partial charge in [0.05, 0.1) is 6.54 Å². The molecule has 26 heavy (non-hydrogen) atoms. The number of aryl methyl sites for hydroxylation is 1. The number of hydrogen-bond donors (Lipinski definition) is 1. The van der Waals surface area contributed by atoms with Gasteiger partial charge in [-0.1, -0.05) is 0 Å². The second kappa shape index (κ2) is 8.35. The Morgan fingerprint density at radius 2 is 1.88 bits per heavy atom. The smallest absolute Gasteiger partial charge is 0.317 e. The lowest BCUT2D eigenvalue weighted by Crippen LogP contribution is -2.52. The van der Waals surface area contributed by atoms with Crippen molar-refractivity contribution in [1.29, 1.82) is 0 Å². The van der Waals surface area contributed by atoms with Crippen LogP contribution in [0, 0.1) is 5.92 Å². The van der Waals surface area contributed by atoms with Crippen molar-refractivity contribution in [1.82, 2.24) is 29.9 Å². The van der Waals surface area contributed by atoms with Crippen molar-refractivity contribution >= 4 is 6.03 Å². The summed E-state index contributed by atoms with van der Waals surface area (Å²) < 4.78 is 7.60. The minimum atomic E-state index is 0.0175. The van der Waals surface area contributed by atoms with Gasteiger partial charge in [-0.15, -0.1) is 10.2 Å². The third-order valence-electron chi connectivity index (χ3n) is 5.85. The summed E-state index contributed by atoms with van der Waals surface area (Å²) >= 11 is 0. The topological polar surface area (TPSA) is 75.5 Å². The molecule has 1 N–H and O–H groups in total. The van der Waals surface area contributed by atoms with Gasteiger partial charge in [0.15, 0.2) is 5.82 Å². The number of ether oxygens (including phenoxy) is 1. The summed E-state index contributed by atoms with van der Waals surface area (Å²) in [6.07, 6.45) is 5.69. The first kappa shape index (κ1) is 17.7. The fourth-order valence-electron chi connectivity index (χ4n) is 4.19. The highest BCUT2D eigenvalue weighted by molar-refractivity contribution is 5.74. The second-order valence-electron chi connectivity index (χ2n) is 7.64. The van der Waals surface area contributed by atoms with Crippen molar-refractivity contribution in [3.8, 4) is 0 Å². The van der Waals surface area contributed by atoms with Gasteiger partial charge >= 0.3 is 6.03 Å². The SMILES string of the molecule is O=C(NCc1nnc2n1CCCC2)N1CCN(CC2CCOCC2)CC1. The highest BCUT2D eigenvalue weighted by atomic mass is 16.5. The first-order valence-electron chi connectivity index (χ1n) is 10.0. The number of fused-ring (bicyclic) bond motifs is 1. The number of nitrogens with one attached hydrogen (secondary N) is 1. The van der Waals surface area contributed by atoms with Crippen molar-refractivity contribution < 1.29 is 9.53 Å². The zero-order valence-corrected chi connectivity index (χ0v) is 15.5. The molecule has 0 radical (unpaired) electrons. The van der Waals surface area contributed by atoms with E-state index in [9.17, 15) is 4.79 Å². The van der Waals surface area contributed by atoms with E-state index in [0.29, 0.717) is 6.54 Å². The lowest BCUT2D eigenvalue weighted by Gasteiger charge is -2.37. The van der Waals surface area contributed by atoms with E-state index < -0.39 is 0 Å². The molecule has 0 bridgehead atoms. The monoisotopic (exact) mass is 362 g/mol. The zero-order chi connectivity index (χ0) is 17.8. The molecule has 0 spiro atoms. The molecule has 4 heterocycles. The molecule has 2 saturated heterocycles. The number of amides is 2. The van der Waals surface area contributed by atoms with Crippen LogP contribution in [0.2, 0.25) is 0 Å². The van der Waals surface area contributed by atoms with Gasteiger partial charge in [0.2, 0.25) is 0 Å². The van der Waals surface area contributed by atoms with Gasteiger partial charge < -0.3 is 19.5 Å². The van der Waals surface area contributed by atoms with Gasteiger partial charge in [-0.05, 0) is 31.6 Å². The molecule has 3 aliphatic rings. The number of piperazine rings is 1. The minimum Gasteiger partial charge on any atom is -0.381 e. The van der Waals surface area contributed by atoms with Gasteiger partial charge in [0, 0.05) is 58.9 Å². The molecule has 144 valence electrons. The summed E-state index contributed by atoms with van der Waals surface area (Å²) in [4.78, 5) is 16.9. The van der Waals surface area contributed by atoms with Gasteiger partial charge in [-0.3, -0.25) is 4.90 Å². The highest BCUT2D eigenvalue weighted by Gasteiger charge is 2.24. The van der Waals surface area contributed by atoms with Crippen LogP contribution in [-0.4, -0.2) is 76.5 Å². The van der Waals surface area contributed by atoms with Crippen molar-refractivity contribution in [2.24, 2.45) is 5.92 Å². The number of hydrogen-bond acceptors (Lipinski definition) is 5. The van der Waals surface area contributed by atoms with Crippen LogP contribution >= 0.6 is 0 Å². The van der Waals surface area contributed by atoms with E-state index >= 15 is 0 Å². The van der Waals surface area contributed by atoms with E-state index in [1.54, 1.807) is 0 Å². The Kier molecular flexibility index (Phi) is 5.69. The molecule has 2 amide bonds. The Morgan fingerprint density at radius 1 is 1.08 bits per heavy atom. The third kappa shape index (κ3) is 4.17. The van der Waals surface area contributed by atoms with E-state index in [4.69, 9.17) is 4.74 Å². The number of aromatic nitrogens is 3. The van der Waals surface area contributed by atoms with Crippen LogP contribution in [0.25, 0.3) is 0 Å². The van der Waals surface area contributed by atoms with Gasteiger partial charge in [0.25, 0.3) is 0 Å². The maximum absolute atomic E-state index is 12.5. The van der Waals surface area contributed by atoms with E-state index in [1.165, 1.54) is 25.7 Å². The molecular formula is C18H30N6O2. The maximum Gasteiger partial charge on any atom is 0.317 e. The van der Waals surface area contributed by atoms with Crippen LogP contribution in [0.1, 0.15) is 37.3 Å². The van der Waals surface area contributed by atoms with E-state index in [-0.39, 0.29) is 6.03 Å². The normalized spacial score (nSPS) is 22.2. The lowest BCUT2D eigenvalue weighted by molar-refractivity contribution is 0.0452. The number of urea groups is 1. The Labute approximate surface area is 154 Å². The van der Waals surface area contributed by atoms with Crippen LogP contribution in [-0.2, 0) is 24.2 Å². The molecule has 0 aromatic carbocycles. The minimum absolute atomic E-state index is 0.0175. The van der Waals surface area contributed by atoms with Crippen LogP contribution in [0.5, 0.6) is 0 Å². The molecule has 2 fully saturated rings. The van der Waals surface area contributed by atoms with Crippen molar-refractivity contribution in [3.05, 3.63) is 11.6 Å². The molecule has 8 nitrogen and oxygen atoms in total. The molecular weight excluding hydrogens is 332 g/mol. The largest absolute Gasteiger partial charge is 0.381 e. The first-order chi connectivity index (χ1) is 12.8. The first-order valence-corrected chi connectivity index (χ1v) is 10.0. The lowest BCUT2D eigenvalue weighted by atomic mass is 9.99. The number of rotatable bonds is 4. The molecule has 1 aromatic rings. The third-order valence-corrected chi connectivity index (χ3v) is 5.85. The predicted octanol–water partition coefficient (Wildman–Crippen LogP) is 0.868. The van der Waals surface area contributed by atoms with Crippen LogP contribution < -0.4 is 5.32 Å². The number of nitrogens with zero attached hydrogens (tertiary/aromatic N) is 5. The number of carbonyl (C=O) groups is 1. The van der Waals surface area contributed by atoms with Crippen molar-refractivity contribution in [2.45, 2.75) is 45.2 Å². The molecule has 0 aliphatic carbocycles. The quantitative estimate of drug-likeness (QED) is 0.860. The molecule has 0 saturated carbocycles. The standard InChI is InChI=1S/C18H30N6O2/c25-18(19-13-17-21-20-16-3-1-2-6-24(16)17)23-9-7-22(8-10-23)14-15-4-11-26-12-5-15/h15H,1-14H2,(H,19,25). The second-order valence-corrected chi connectivity index (χ2v) is 7.64. The molecule has 0 unspecified atom stereocenters. The van der Waals surface area contributed by atoms with Crippen LogP contribution in [0.3, 0.4) is 0 Å². The predicted molar refractivity (Wildman–Crippen MR) is 96.8 cm³/mol. The summed E-state index contributed by atoms with van der Waals surface area (Å²) in [7, 11) is 0. The van der Waals surface area contributed by atoms with Gasteiger partial charge in [-0.25, -0.2) is 4.79 Å². The zero-order valence-electron chi connectivity index (χ0n) is 15.5. The summed E-state index contributed by atoms with van der Waals surface area (Å²) in [5, 5.41) is 11.5. The molecule has 1 aromatic heterocycles. The Morgan fingerprint density at radius 3 is 2.69 bits per heavy atom. The Balaban J connectivity index is 1.20. The molecule has 4 rings (SSSR count). The van der Waals surface area contributed by atoms with Crippen molar-refractivity contribution in [3.63, 3.8) is 0 Å². The average Bonchev–Trinajstić information content (AvgIpc) is 3.11. The summed E-state index contributed by atoms with van der Waals surface area (Å²) in [6, 6.07) is 0.0175. The van der Waals surface area contributed by atoms with Crippen LogP contribution in [0.15, 0.2) is 0 Å². The van der Waals surface area contributed by atoms with Crippen molar-refractivity contribution in [2.75, 3.05) is 45.9 Å². The highest BCUT2D eigenvalue weighted by Crippen LogP contribution is 2.17. The summed E-state index contributed by atoms with van der Waals surface area (Å²) in [6.45, 7) is 7.91. The summed E-state index contributed by atoms with van der Waals surface area (Å²) in [5.74, 6) is 2.69. The van der Waals surface area contributed by atoms with Crippen LogP contribution in [0.4, 0.5) is 4.79 Å². The average molecular weight is 362 g/mol. The van der Waals surface area contributed by atoms with E-state index in [0.717, 1.165) is 76.5 Å². The molecule has 0 atom stereocenters.